The third-order valence-electron chi connectivity index (χ3n) is 4.01. The molecule has 1 atom stereocenters. The molecular formula is C12H25N5. The van der Waals surface area contributed by atoms with E-state index in [0.29, 0.717) is 0 Å². The third-order valence-corrected chi connectivity index (χ3v) is 4.01. The number of rotatable bonds is 1. The summed E-state index contributed by atoms with van der Waals surface area (Å²) in [5.74, 6) is 0.812. The Kier molecular flexibility index (Phi) is 4.01. The summed E-state index contributed by atoms with van der Waals surface area (Å²) in [6.45, 7) is 7.33. The number of hydrogen-bond donors (Lipinski definition) is 1. The van der Waals surface area contributed by atoms with Gasteiger partial charge in [-0.05, 0) is 21.1 Å². The molecule has 2 aliphatic rings. The molecule has 0 amide bonds. The lowest BCUT2D eigenvalue weighted by Crippen LogP contribution is -2.59. The van der Waals surface area contributed by atoms with E-state index in [9.17, 15) is 0 Å². The predicted octanol–water partition coefficient (Wildman–Crippen LogP) is -0.543. The Bertz CT molecular complexity index is 272. The standard InChI is InChI=1S/C12H25N5/c1-14-5-8-17(9-6-14)12(13)11-10-15(2)4-7-16(11)3/h11,13H,4-10H2,1-3H3. The van der Waals surface area contributed by atoms with Crippen LogP contribution < -0.4 is 0 Å². The SMILES string of the molecule is CN1CCN(C(=N)C2CN(C)CCN2C)CC1. The molecule has 5 heteroatoms. The zero-order valence-electron chi connectivity index (χ0n) is 11.3. The summed E-state index contributed by atoms with van der Waals surface area (Å²) in [6, 6.07) is 0.275. The van der Waals surface area contributed by atoms with Gasteiger partial charge in [0.15, 0.2) is 0 Å². The molecule has 1 unspecified atom stereocenters. The highest BCUT2D eigenvalue weighted by Crippen LogP contribution is 2.11. The molecule has 0 bridgehead atoms. The van der Waals surface area contributed by atoms with Gasteiger partial charge in [-0.1, -0.05) is 0 Å². The van der Waals surface area contributed by atoms with Gasteiger partial charge in [-0.15, -0.1) is 0 Å². The van der Waals surface area contributed by atoms with Crippen LogP contribution >= 0.6 is 0 Å². The lowest BCUT2D eigenvalue weighted by atomic mass is 10.1. The van der Waals surface area contributed by atoms with Crippen molar-refractivity contribution in [1.82, 2.24) is 19.6 Å². The van der Waals surface area contributed by atoms with Crippen LogP contribution in [0.15, 0.2) is 0 Å². The van der Waals surface area contributed by atoms with Crippen LogP contribution in [0.2, 0.25) is 0 Å². The van der Waals surface area contributed by atoms with Gasteiger partial charge in [0.2, 0.25) is 0 Å². The Morgan fingerprint density at radius 1 is 0.882 bits per heavy atom. The number of likely N-dealkylation sites (N-methyl/N-ethyl adjacent to an activating group) is 3. The fraction of sp³-hybridized carbons (Fsp3) is 0.917. The minimum atomic E-state index is 0.275. The van der Waals surface area contributed by atoms with E-state index in [-0.39, 0.29) is 6.04 Å². The zero-order chi connectivity index (χ0) is 12.4. The van der Waals surface area contributed by atoms with Gasteiger partial charge < -0.3 is 14.7 Å². The molecule has 2 fully saturated rings. The summed E-state index contributed by atoms with van der Waals surface area (Å²) in [6.07, 6.45) is 0. The van der Waals surface area contributed by atoms with Crippen LogP contribution in [0.4, 0.5) is 0 Å². The van der Waals surface area contributed by atoms with Crippen LogP contribution in [-0.4, -0.2) is 98.4 Å². The Balaban J connectivity index is 1.94. The highest BCUT2D eigenvalue weighted by Gasteiger charge is 2.29. The molecule has 5 nitrogen and oxygen atoms in total. The van der Waals surface area contributed by atoms with Gasteiger partial charge in [0, 0.05) is 45.8 Å². The van der Waals surface area contributed by atoms with Crippen LogP contribution in [0.5, 0.6) is 0 Å². The van der Waals surface area contributed by atoms with Crippen molar-refractivity contribution in [2.75, 3.05) is 67.0 Å². The molecule has 17 heavy (non-hydrogen) atoms. The van der Waals surface area contributed by atoms with E-state index < -0.39 is 0 Å². The maximum atomic E-state index is 8.40. The molecule has 2 aliphatic heterocycles. The van der Waals surface area contributed by atoms with E-state index in [0.717, 1.165) is 51.6 Å². The summed E-state index contributed by atoms with van der Waals surface area (Å²) < 4.78 is 0. The molecule has 0 aromatic heterocycles. The maximum Gasteiger partial charge on any atom is 0.115 e. The molecule has 98 valence electrons. The number of amidine groups is 1. The lowest BCUT2D eigenvalue weighted by Gasteiger charge is -2.43. The van der Waals surface area contributed by atoms with E-state index in [2.05, 4.69) is 40.7 Å². The van der Waals surface area contributed by atoms with Crippen molar-refractivity contribution in [2.45, 2.75) is 6.04 Å². The van der Waals surface area contributed by atoms with Crippen LogP contribution in [-0.2, 0) is 0 Å². The first-order valence-corrected chi connectivity index (χ1v) is 6.48. The molecule has 0 radical (unpaired) electrons. The van der Waals surface area contributed by atoms with Crippen molar-refractivity contribution in [1.29, 1.82) is 5.41 Å². The zero-order valence-corrected chi connectivity index (χ0v) is 11.3. The second kappa shape index (κ2) is 5.33. The van der Waals surface area contributed by atoms with Gasteiger partial charge in [0.1, 0.15) is 5.84 Å². The first-order valence-electron chi connectivity index (χ1n) is 6.48. The molecular weight excluding hydrogens is 214 g/mol. The van der Waals surface area contributed by atoms with Gasteiger partial charge in [-0.25, -0.2) is 0 Å². The van der Waals surface area contributed by atoms with E-state index in [4.69, 9.17) is 5.41 Å². The first kappa shape index (κ1) is 12.8. The van der Waals surface area contributed by atoms with Gasteiger partial charge in [-0.3, -0.25) is 10.3 Å². The van der Waals surface area contributed by atoms with Crippen molar-refractivity contribution in [2.24, 2.45) is 0 Å². The molecule has 0 spiro atoms. The van der Waals surface area contributed by atoms with Crippen molar-refractivity contribution in [3.8, 4) is 0 Å². The average Bonchev–Trinajstić information content (AvgIpc) is 2.32. The van der Waals surface area contributed by atoms with Crippen molar-refractivity contribution < 1.29 is 0 Å². The second-order valence-electron chi connectivity index (χ2n) is 5.43. The minimum Gasteiger partial charge on any atom is -0.357 e. The topological polar surface area (TPSA) is 36.8 Å². The van der Waals surface area contributed by atoms with Crippen LogP contribution in [0.1, 0.15) is 0 Å². The largest absolute Gasteiger partial charge is 0.357 e. The highest BCUT2D eigenvalue weighted by molar-refractivity contribution is 5.85. The molecule has 2 rings (SSSR count). The van der Waals surface area contributed by atoms with Gasteiger partial charge in [0.05, 0.1) is 6.04 Å². The lowest BCUT2D eigenvalue weighted by molar-refractivity contribution is 0.133. The Labute approximate surface area is 104 Å². The Hall–Kier alpha value is -0.650. The summed E-state index contributed by atoms with van der Waals surface area (Å²) in [4.78, 5) is 9.23. The molecule has 0 aromatic carbocycles. The van der Waals surface area contributed by atoms with Crippen LogP contribution in [0.3, 0.4) is 0 Å². The molecule has 2 heterocycles. The van der Waals surface area contributed by atoms with Crippen LogP contribution in [0.25, 0.3) is 0 Å². The smallest absolute Gasteiger partial charge is 0.115 e. The highest BCUT2D eigenvalue weighted by atomic mass is 15.3. The first-order chi connectivity index (χ1) is 8.08. The normalized spacial score (nSPS) is 29.6. The van der Waals surface area contributed by atoms with Crippen LogP contribution in [0, 0.1) is 5.41 Å². The summed E-state index contributed by atoms with van der Waals surface area (Å²) >= 11 is 0. The van der Waals surface area contributed by atoms with E-state index >= 15 is 0 Å². The van der Waals surface area contributed by atoms with Gasteiger partial charge in [-0.2, -0.15) is 0 Å². The molecule has 0 aliphatic carbocycles. The molecule has 0 saturated carbocycles. The Morgan fingerprint density at radius 2 is 1.47 bits per heavy atom. The van der Waals surface area contributed by atoms with E-state index in [1.165, 1.54) is 0 Å². The van der Waals surface area contributed by atoms with Gasteiger partial charge >= 0.3 is 0 Å². The van der Waals surface area contributed by atoms with E-state index in [1.54, 1.807) is 0 Å². The third kappa shape index (κ3) is 2.97. The summed E-state index contributed by atoms with van der Waals surface area (Å²) in [7, 11) is 6.45. The van der Waals surface area contributed by atoms with Crippen molar-refractivity contribution >= 4 is 5.84 Å². The number of nitrogens with zero attached hydrogens (tertiary/aromatic N) is 4. The van der Waals surface area contributed by atoms with Crippen molar-refractivity contribution in [3.63, 3.8) is 0 Å². The molecule has 0 aromatic rings. The Morgan fingerprint density at radius 3 is 2.12 bits per heavy atom. The summed E-state index contributed by atoms with van der Waals surface area (Å²) in [5.41, 5.74) is 0. The minimum absolute atomic E-state index is 0.275. The van der Waals surface area contributed by atoms with Gasteiger partial charge in [0.25, 0.3) is 0 Å². The predicted molar refractivity (Wildman–Crippen MR) is 70.7 cm³/mol. The number of nitrogens with one attached hydrogen (secondary N) is 1. The molecule has 2 saturated heterocycles. The summed E-state index contributed by atoms with van der Waals surface area (Å²) in [5, 5.41) is 8.40. The fourth-order valence-corrected chi connectivity index (χ4v) is 2.56. The molecule has 1 N–H and O–H groups in total. The number of piperazine rings is 2. The fourth-order valence-electron chi connectivity index (χ4n) is 2.56. The monoisotopic (exact) mass is 239 g/mol. The maximum absolute atomic E-state index is 8.40. The van der Waals surface area contributed by atoms with E-state index in [1.807, 2.05) is 0 Å². The van der Waals surface area contributed by atoms with Crippen molar-refractivity contribution in [3.05, 3.63) is 0 Å². The number of hydrogen-bond acceptors (Lipinski definition) is 4. The quantitative estimate of drug-likeness (QED) is 0.492. The average molecular weight is 239 g/mol. The second-order valence-corrected chi connectivity index (χ2v) is 5.43.